The lowest BCUT2D eigenvalue weighted by Crippen LogP contribution is -2.71. The van der Waals surface area contributed by atoms with Gasteiger partial charge in [-0.1, -0.05) is 66.7 Å². The van der Waals surface area contributed by atoms with Gasteiger partial charge in [0.25, 0.3) is 0 Å². The van der Waals surface area contributed by atoms with Gasteiger partial charge in [0.1, 0.15) is 29.2 Å². The second-order valence-electron chi connectivity index (χ2n) is 11.9. The molecule has 0 spiro atoms. The normalized spacial score (nSPS) is 21.3. The lowest BCUT2D eigenvalue weighted by atomic mass is 9.91. The molecule has 0 radical (unpaired) electrons. The molecule has 3 amide bonds. The number of hydrogen-bond donors (Lipinski definition) is 4. The molecule has 44 heavy (non-hydrogen) atoms. The number of carbonyl (C=O) groups excluding carboxylic acids is 3. The molecule has 0 bridgehead atoms. The Labute approximate surface area is 256 Å². The number of phenols is 1. The number of thioether (sulfide) groups is 1. The summed E-state index contributed by atoms with van der Waals surface area (Å²) in [7, 11) is 0. The van der Waals surface area contributed by atoms with Crippen LogP contribution in [0, 0.1) is 0 Å². The fourth-order valence-corrected chi connectivity index (χ4v) is 8.31. The molecule has 2 fully saturated rings. The monoisotopic (exact) mass is 607 g/mol. The molecule has 9 nitrogen and oxygen atoms in total. The van der Waals surface area contributed by atoms with Crippen LogP contribution in [0.4, 0.5) is 0 Å². The van der Waals surface area contributed by atoms with E-state index < -0.39 is 51.9 Å². The van der Waals surface area contributed by atoms with Crippen molar-refractivity contribution in [1.82, 2.24) is 15.5 Å². The van der Waals surface area contributed by atoms with Crippen molar-refractivity contribution in [3.05, 3.63) is 90.0 Å². The summed E-state index contributed by atoms with van der Waals surface area (Å²) in [5.74, 6) is -2.56. The molecule has 5 aromatic rings. The molecule has 2 aliphatic rings. The molecule has 2 heterocycles. The summed E-state index contributed by atoms with van der Waals surface area (Å²) in [6.45, 7) is 3.53. The summed E-state index contributed by atoms with van der Waals surface area (Å²) in [5.41, 5.74) is 1.24. The molecule has 7 rings (SSSR count). The van der Waals surface area contributed by atoms with Crippen molar-refractivity contribution in [2.45, 2.75) is 48.5 Å². The van der Waals surface area contributed by atoms with Crippen molar-refractivity contribution in [1.29, 1.82) is 0 Å². The lowest BCUT2D eigenvalue weighted by Gasteiger charge is -2.44. The van der Waals surface area contributed by atoms with E-state index in [-0.39, 0.29) is 12.2 Å². The first-order valence-electron chi connectivity index (χ1n) is 14.3. The Bertz CT molecular complexity index is 1980. The predicted octanol–water partition coefficient (Wildman–Crippen LogP) is 4.32. The zero-order chi connectivity index (χ0) is 30.9. The molecule has 10 heteroatoms. The van der Waals surface area contributed by atoms with E-state index in [0.29, 0.717) is 5.56 Å². The molecule has 4 N–H and O–H groups in total. The Morgan fingerprint density at radius 1 is 0.909 bits per heavy atom. The Kier molecular flexibility index (Phi) is 6.44. The average molecular weight is 608 g/mol. The molecule has 222 valence electrons. The number of rotatable bonds is 7. The maximum Gasteiger partial charge on any atom is 0.327 e. The third-order valence-corrected chi connectivity index (χ3v) is 10.3. The number of fused-ring (bicyclic) bond motifs is 1. The standard InChI is InChI=1S/C34H29N3O6S/c1-34(2)29(33(42)43)37-31(41)28(32(37)44-34)36-30(40)27(20-10-13-22(38)14-11-20)35-24(39)16-21-9-8-19-7-6-17-4-3-5-18-12-15-23(21)26(19)25(17)18/h3-15,27-29,32,38H,16H2,1-2H3,(H,35,39)(H,36,40)(H,42,43)/t27?,28-,29+,32-/m1/s1. The highest BCUT2D eigenvalue weighted by Gasteiger charge is 2.64. The molecule has 5 aromatic carbocycles. The van der Waals surface area contributed by atoms with Crippen molar-refractivity contribution in [2.24, 2.45) is 0 Å². The second kappa shape index (κ2) is 10.1. The van der Waals surface area contributed by atoms with Gasteiger partial charge in [-0.3, -0.25) is 14.4 Å². The molecule has 1 unspecified atom stereocenters. The summed E-state index contributed by atoms with van der Waals surface area (Å²) in [5, 5.41) is 31.1. The quantitative estimate of drug-likeness (QED) is 0.160. The number of nitrogens with one attached hydrogen (secondary N) is 2. The van der Waals surface area contributed by atoms with E-state index in [4.69, 9.17) is 0 Å². The number of β-lactam (4-membered cyclic amide) rings is 1. The van der Waals surface area contributed by atoms with Crippen LogP contribution in [0.25, 0.3) is 32.3 Å². The number of hydrogen-bond acceptors (Lipinski definition) is 6. The maximum atomic E-state index is 13.7. The highest BCUT2D eigenvalue weighted by molar-refractivity contribution is 8.01. The Hall–Kier alpha value is -4.83. The number of amides is 3. The Morgan fingerprint density at radius 3 is 2.23 bits per heavy atom. The van der Waals surface area contributed by atoms with Crippen LogP contribution in [0.2, 0.25) is 0 Å². The first-order chi connectivity index (χ1) is 21.0. The van der Waals surface area contributed by atoms with E-state index in [0.717, 1.165) is 37.9 Å². The van der Waals surface area contributed by atoms with Crippen LogP contribution in [-0.2, 0) is 25.6 Å². The number of aliphatic carboxylic acids is 1. The fourth-order valence-electron chi connectivity index (χ4n) is 6.68. The molecular formula is C34H29N3O6S. The summed E-state index contributed by atoms with van der Waals surface area (Å²) in [6.07, 6.45) is 0.0130. The number of benzene rings is 5. The van der Waals surface area contributed by atoms with Crippen LogP contribution in [0.1, 0.15) is 31.0 Å². The van der Waals surface area contributed by atoms with Gasteiger partial charge in [0.05, 0.1) is 6.42 Å². The van der Waals surface area contributed by atoms with Gasteiger partial charge in [-0.25, -0.2) is 4.79 Å². The van der Waals surface area contributed by atoms with Gasteiger partial charge in [0, 0.05) is 4.75 Å². The largest absolute Gasteiger partial charge is 0.508 e. The number of phenolic OH excluding ortho intramolecular Hbond substituents is 1. The molecule has 2 aliphatic heterocycles. The highest BCUT2D eigenvalue weighted by Crippen LogP contribution is 2.50. The SMILES string of the molecule is CC1(C)S[C@@H]2[C@H](NC(=O)C(NC(=O)Cc3ccc4ccc5cccc6ccc3c4c56)c3ccc(O)cc3)C(=O)N2[C@H]1C(=O)O. The van der Waals surface area contributed by atoms with Crippen LogP contribution < -0.4 is 10.6 Å². The molecule has 0 aromatic heterocycles. The third-order valence-electron chi connectivity index (χ3n) is 8.74. The van der Waals surface area contributed by atoms with Gasteiger partial charge in [0.2, 0.25) is 17.7 Å². The summed E-state index contributed by atoms with van der Waals surface area (Å²) in [6, 6.07) is 21.2. The maximum absolute atomic E-state index is 13.7. The average Bonchev–Trinajstić information content (AvgIpc) is 3.26. The number of carboxylic acid groups (broad SMARTS) is 1. The van der Waals surface area contributed by atoms with E-state index in [1.807, 2.05) is 30.3 Å². The van der Waals surface area contributed by atoms with Gasteiger partial charge >= 0.3 is 5.97 Å². The zero-order valence-electron chi connectivity index (χ0n) is 23.9. The predicted molar refractivity (Wildman–Crippen MR) is 168 cm³/mol. The molecule has 0 saturated carbocycles. The molecule has 4 atom stereocenters. The van der Waals surface area contributed by atoms with Crippen molar-refractivity contribution in [3.63, 3.8) is 0 Å². The number of aromatic hydroxyl groups is 1. The molecule has 2 saturated heterocycles. The number of carbonyl (C=O) groups is 4. The third kappa shape index (κ3) is 4.40. The summed E-state index contributed by atoms with van der Waals surface area (Å²) in [4.78, 5) is 53.5. The van der Waals surface area contributed by atoms with Gasteiger partial charge < -0.3 is 25.7 Å². The summed E-state index contributed by atoms with van der Waals surface area (Å²) < 4.78 is -0.739. The van der Waals surface area contributed by atoms with Crippen LogP contribution in [0.5, 0.6) is 5.75 Å². The summed E-state index contributed by atoms with van der Waals surface area (Å²) >= 11 is 1.33. The number of carboxylic acids is 1. The topological polar surface area (TPSA) is 136 Å². The van der Waals surface area contributed by atoms with E-state index in [9.17, 15) is 29.4 Å². The minimum Gasteiger partial charge on any atom is -0.508 e. The van der Waals surface area contributed by atoms with Crippen molar-refractivity contribution in [3.8, 4) is 5.75 Å². The van der Waals surface area contributed by atoms with Crippen LogP contribution in [0.15, 0.2) is 78.9 Å². The Balaban J connectivity index is 1.15. The minimum atomic E-state index is -1.15. The van der Waals surface area contributed by atoms with Crippen molar-refractivity contribution >= 4 is 67.8 Å². The number of nitrogens with zero attached hydrogens (tertiary/aromatic N) is 1. The van der Waals surface area contributed by atoms with Gasteiger partial charge in [0.15, 0.2) is 0 Å². The fraction of sp³-hybridized carbons (Fsp3) is 0.235. The van der Waals surface area contributed by atoms with Gasteiger partial charge in [-0.05, 0) is 69.4 Å². The first kappa shape index (κ1) is 28.0. The van der Waals surface area contributed by atoms with Crippen molar-refractivity contribution in [2.75, 3.05) is 0 Å². The smallest absolute Gasteiger partial charge is 0.327 e. The lowest BCUT2D eigenvalue weighted by molar-refractivity contribution is -0.161. The second-order valence-corrected chi connectivity index (χ2v) is 13.7. The van der Waals surface area contributed by atoms with E-state index in [1.165, 1.54) is 28.8 Å². The minimum absolute atomic E-state index is 0.00184. The van der Waals surface area contributed by atoms with E-state index in [1.54, 1.807) is 26.0 Å². The van der Waals surface area contributed by atoms with Crippen LogP contribution in [0.3, 0.4) is 0 Å². The first-order valence-corrected chi connectivity index (χ1v) is 15.2. The van der Waals surface area contributed by atoms with Crippen molar-refractivity contribution < 1.29 is 29.4 Å². The van der Waals surface area contributed by atoms with E-state index >= 15 is 0 Å². The van der Waals surface area contributed by atoms with E-state index in [2.05, 4.69) is 34.9 Å². The zero-order valence-corrected chi connectivity index (χ0v) is 24.7. The molecular weight excluding hydrogens is 578 g/mol. The van der Waals surface area contributed by atoms with Gasteiger partial charge in [-0.2, -0.15) is 0 Å². The van der Waals surface area contributed by atoms with Gasteiger partial charge in [-0.15, -0.1) is 11.8 Å². The van der Waals surface area contributed by atoms with Crippen LogP contribution >= 0.6 is 11.8 Å². The van der Waals surface area contributed by atoms with Crippen LogP contribution in [-0.4, -0.2) is 61.0 Å². The Morgan fingerprint density at radius 2 is 1.55 bits per heavy atom. The highest BCUT2D eigenvalue weighted by atomic mass is 32.2. The molecule has 0 aliphatic carbocycles.